The Labute approximate surface area is 178 Å². The van der Waals surface area contributed by atoms with Gasteiger partial charge in [-0.1, -0.05) is 26.2 Å². The van der Waals surface area contributed by atoms with Crippen molar-refractivity contribution in [1.29, 1.82) is 0 Å². The Morgan fingerprint density at radius 2 is 1.92 bits per heavy atom. The van der Waals surface area contributed by atoms with Gasteiger partial charge in [-0.25, -0.2) is 0 Å². The number of nitrogens with zero attached hydrogens (tertiary/aromatic N) is 2. The molecule has 5 nitrogen and oxygen atoms in total. The fourth-order valence-corrected chi connectivity index (χ4v) is 4.44. The van der Waals surface area contributed by atoms with E-state index in [1.54, 1.807) is 7.11 Å². The van der Waals surface area contributed by atoms with E-state index in [1.165, 1.54) is 51.5 Å². The Hall–Kier alpha value is -0.0800. The highest BCUT2D eigenvalue weighted by Crippen LogP contribution is 2.41. The van der Waals surface area contributed by atoms with Crippen LogP contribution in [0.15, 0.2) is 4.99 Å². The second kappa shape index (κ2) is 13.2. The van der Waals surface area contributed by atoms with Crippen LogP contribution in [0.4, 0.5) is 0 Å². The molecule has 2 N–H and O–H groups in total. The smallest absolute Gasteiger partial charge is 0.191 e. The molecule has 0 amide bonds. The molecule has 154 valence electrons. The van der Waals surface area contributed by atoms with Gasteiger partial charge >= 0.3 is 0 Å². The summed E-state index contributed by atoms with van der Waals surface area (Å²) in [5, 5.41) is 7.06. The maximum Gasteiger partial charge on any atom is 0.191 e. The lowest BCUT2D eigenvalue weighted by molar-refractivity contribution is 0.141. The topological polar surface area (TPSA) is 48.9 Å². The Morgan fingerprint density at radius 1 is 1.15 bits per heavy atom. The third kappa shape index (κ3) is 7.50. The number of aliphatic imine (C=N–C) groups is 1. The minimum absolute atomic E-state index is 0. The van der Waals surface area contributed by atoms with Crippen LogP contribution in [0.5, 0.6) is 0 Å². The van der Waals surface area contributed by atoms with Gasteiger partial charge in [0.05, 0.1) is 0 Å². The van der Waals surface area contributed by atoms with Gasteiger partial charge in [-0.3, -0.25) is 9.89 Å². The lowest BCUT2D eigenvalue weighted by atomic mass is 9.83. The molecular formula is C20H41IN4O. The predicted octanol–water partition coefficient (Wildman–Crippen LogP) is 3.63. The summed E-state index contributed by atoms with van der Waals surface area (Å²) in [5.74, 6) is 0.993. The SMILES string of the molecule is CCNC(=NCC1(CCOC)CCCC1)NCC1CCCCN1CC.I. The van der Waals surface area contributed by atoms with Crippen molar-refractivity contribution in [3.05, 3.63) is 0 Å². The molecule has 0 radical (unpaired) electrons. The Bertz CT molecular complexity index is 399. The summed E-state index contributed by atoms with van der Waals surface area (Å²) in [6, 6.07) is 0.650. The van der Waals surface area contributed by atoms with Crippen LogP contribution in [0.2, 0.25) is 0 Å². The van der Waals surface area contributed by atoms with E-state index in [4.69, 9.17) is 9.73 Å². The van der Waals surface area contributed by atoms with E-state index in [-0.39, 0.29) is 24.0 Å². The zero-order chi connectivity index (χ0) is 18.0. The molecule has 0 aromatic rings. The van der Waals surface area contributed by atoms with Crippen molar-refractivity contribution in [1.82, 2.24) is 15.5 Å². The van der Waals surface area contributed by atoms with E-state index in [1.807, 2.05) is 0 Å². The molecular weight excluding hydrogens is 439 g/mol. The van der Waals surface area contributed by atoms with Gasteiger partial charge in [-0.05, 0) is 57.5 Å². The summed E-state index contributed by atoms with van der Waals surface area (Å²) >= 11 is 0. The zero-order valence-corrected chi connectivity index (χ0v) is 19.5. The number of hydrogen-bond acceptors (Lipinski definition) is 3. The van der Waals surface area contributed by atoms with Crippen LogP contribution in [0.25, 0.3) is 0 Å². The van der Waals surface area contributed by atoms with Gasteiger partial charge in [-0.15, -0.1) is 24.0 Å². The van der Waals surface area contributed by atoms with E-state index >= 15 is 0 Å². The zero-order valence-electron chi connectivity index (χ0n) is 17.2. The quantitative estimate of drug-likeness (QED) is 0.301. The normalized spacial score (nSPS) is 23.5. The maximum absolute atomic E-state index is 5.35. The molecule has 1 aliphatic heterocycles. The number of ether oxygens (including phenoxy) is 1. The lowest BCUT2D eigenvalue weighted by Crippen LogP contribution is -2.49. The first kappa shape index (κ1) is 24.0. The van der Waals surface area contributed by atoms with Gasteiger partial charge in [0.1, 0.15) is 0 Å². The largest absolute Gasteiger partial charge is 0.385 e. The second-order valence-corrected chi connectivity index (χ2v) is 7.80. The minimum atomic E-state index is 0. The standard InChI is InChI=1S/C20H40N4O.HI/c1-4-21-19(22-16-18-10-6-9-14-24(18)5-2)23-17-20(13-15-25-3)11-7-8-12-20;/h18H,4-17H2,1-3H3,(H2,21,22,23);1H. The average molecular weight is 480 g/mol. The fourth-order valence-electron chi connectivity index (χ4n) is 4.44. The third-order valence-corrected chi connectivity index (χ3v) is 6.08. The molecule has 1 unspecified atom stereocenters. The van der Waals surface area contributed by atoms with Gasteiger partial charge in [0, 0.05) is 39.4 Å². The summed E-state index contributed by atoms with van der Waals surface area (Å²) in [4.78, 5) is 7.58. The molecule has 2 rings (SSSR count). The fraction of sp³-hybridized carbons (Fsp3) is 0.950. The van der Waals surface area contributed by atoms with E-state index in [9.17, 15) is 0 Å². The summed E-state index contributed by atoms with van der Waals surface area (Å²) in [5.41, 5.74) is 0.360. The lowest BCUT2D eigenvalue weighted by Gasteiger charge is -2.35. The summed E-state index contributed by atoms with van der Waals surface area (Å²) in [6.07, 6.45) is 10.4. The van der Waals surface area contributed by atoms with Gasteiger partial charge in [0.2, 0.25) is 0 Å². The molecule has 2 fully saturated rings. The summed E-state index contributed by atoms with van der Waals surface area (Å²) < 4.78 is 5.35. The number of likely N-dealkylation sites (tertiary alicyclic amines) is 1. The number of halogens is 1. The van der Waals surface area contributed by atoms with Crippen LogP contribution in [0.1, 0.15) is 65.2 Å². The average Bonchev–Trinajstić information content (AvgIpc) is 3.12. The number of methoxy groups -OCH3 is 1. The Kier molecular flexibility index (Phi) is 12.1. The van der Waals surface area contributed by atoms with Crippen LogP contribution in [0.3, 0.4) is 0 Å². The first-order valence-corrected chi connectivity index (χ1v) is 10.5. The molecule has 26 heavy (non-hydrogen) atoms. The molecule has 0 aromatic carbocycles. The monoisotopic (exact) mass is 480 g/mol. The first-order valence-electron chi connectivity index (χ1n) is 10.5. The Balaban J connectivity index is 0.00000338. The third-order valence-electron chi connectivity index (χ3n) is 6.08. The molecule has 1 saturated heterocycles. The van der Waals surface area contributed by atoms with Crippen LogP contribution in [0, 0.1) is 5.41 Å². The number of nitrogens with one attached hydrogen (secondary N) is 2. The van der Waals surface area contributed by atoms with Crippen molar-refractivity contribution in [3.63, 3.8) is 0 Å². The van der Waals surface area contributed by atoms with E-state index in [0.717, 1.165) is 45.2 Å². The predicted molar refractivity (Wildman–Crippen MR) is 122 cm³/mol. The van der Waals surface area contributed by atoms with Crippen molar-refractivity contribution >= 4 is 29.9 Å². The molecule has 2 aliphatic rings. The van der Waals surface area contributed by atoms with E-state index < -0.39 is 0 Å². The highest BCUT2D eigenvalue weighted by atomic mass is 127. The van der Waals surface area contributed by atoms with Crippen LogP contribution in [-0.2, 0) is 4.74 Å². The minimum Gasteiger partial charge on any atom is -0.385 e. The number of guanidine groups is 1. The summed E-state index contributed by atoms with van der Waals surface area (Å²) in [6.45, 7) is 10.5. The van der Waals surface area contributed by atoms with Crippen LogP contribution in [-0.4, -0.2) is 63.3 Å². The first-order chi connectivity index (χ1) is 12.2. The highest BCUT2D eigenvalue weighted by molar-refractivity contribution is 14.0. The summed E-state index contributed by atoms with van der Waals surface area (Å²) in [7, 11) is 1.81. The van der Waals surface area contributed by atoms with Gasteiger partial charge in [0.25, 0.3) is 0 Å². The number of piperidine rings is 1. The Morgan fingerprint density at radius 3 is 2.58 bits per heavy atom. The van der Waals surface area contributed by atoms with Crippen molar-refractivity contribution in [2.24, 2.45) is 10.4 Å². The number of rotatable bonds is 9. The number of hydrogen-bond donors (Lipinski definition) is 2. The molecule has 0 bridgehead atoms. The van der Waals surface area contributed by atoms with Gasteiger partial charge in [0.15, 0.2) is 5.96 Å². The van der Waals surface area contributed by atoms with E-state index in [2.05, 4.69) is 29.4 Å². The molecule has 1 aliphatic carbocycles. The van der Waals surface area contributed by atoms with Gasteiger partial charge in [-0.2, -0.15) is 0 Å². The second-order valence-electron chi connectivity index (χ2n) is 7.80. The molecule has 6 heteroatoms. The molecule has 1 atom stereocenters. The molecule has 1 saturated carbocycles. The van der Waals surface area contributed by atoms with Crippen molar-refractivity contribution in [2.45, 2.75) is 71.3 Å². The molecule has 0 spiro atoms. The van der Waals surface area contributed by atoms with Gasteiger partial charge < -0.3 is 15.4 Å². The van der Waals surface area contributed by atoms with Crippen molar-refractivity contribution in [2.75, 3.05) is 46.4 Å². The van der Waals surface area contributed by atoms with E-state index in [0.29, 0.717) is 11.5 Å². The van der Waals surface area contributed by atoms with Crippen LogP contribution >= 0.6 is 24.0 Å². The van der Waals surface area contributed by atoms with Crippen LogP contribution < -0.4 is 10.6 Å². The maximum atomic E-state index is 5.35. The number of likely N-dealkylation sites (N-methyl/N-ethyl adjacent to an activating group) is 1. The highest BCUT2D eigenvalue weighted by Gasteiger charge is 2.33. The molecule has 1 heterocycles. The van der Waals surface area contributed by atoms with Crippen molar-refractivity contribution < 1.29 is 4.74 Å². The van der Waals surface area contributed by atoms with Crippen molar-refractivity contribution in [3.8, 4) is 0 Å². The molecule has 0 aromatic heterocycles.